The van der Waals surface area contributed by atoms with Gasteiger partial charge in [-0.3, -0.25) is 0 Å². The molecular formula is C50H81F. The van der Waals surface area contributed by atoms with Crippen LogP contribution in [0, 0.1) is 66.1 Å². The first-order valence-electron chi connectivity index (χ1n) is 20.0. The average Bonchev–Trinajstić information content (AvgIpc) is 2.99. The predicted molar refractivity (Wildman–Crippen MR) is 229 cm³/mol. The molecule has 0 aromatic heterocycles. The van der Waals surface area contributed by atoms with E-state index in [1.807, 2.05) is 26.8 Å². The molecule has 0 aliphatic carbocycles. The summed E-state index contributed by atoms with van der Waals surface area (Å²) in [4.78, 5) is 0. The second kappa shape index (κ2) is 17.6. The molecule has 0 fully saturated rings. The van der Waals surface area contributed by atoms with Crippen LogP contribution in [0.1, 0.15) is 196 Å². The predicted octanol–water partition coefficient (Wildman–Crippen LogP) is 15.7. The Morgan fingerprint density at radius 3 is 1.22 bits per heavy atom. The number of aryl methyl sites for hydroxylation is 3. The standard InChI is InChI=1S/C19H32.C18H30.C13H19F/c1-12(2)18(13(3)4)16-10-14(5)15(6)17(11-16)19(7,8)9;1-9-18(8,10-2)15-11-13(3)14(4)16(12-15)17(5,6)7;1-8-7-11(13(4,5)6)9(2)10(3)12(8)14/h10-13,18H,1-9H3;11-12H,9-10H2,1-8H3;7H,1-6H3. The molecule has 51 heavy (non-hydrogen) atoms. The van der Waals surface area contributed by atoms with Gasteiger partial charge in [0.15, 0.2) is 0 Å². The lowest BCUT2D eigenvalue weighted by atomic mass is 9.73. The van der Waals surface area contributed by atoms with Crippen molar-refractivity contribution < 1.29 is 4.39 Å². The first kappa shape index (κ1) is 46.6. The Balaban J connectivity index is 0.000000387. The van der Waals surface area contributed by atoms with E-state index in [2.05, 4.69) is 163 Å². The SMILES string of the molecule is CCC(C)(CC)c1cc(C)c(C)c(C(C)(C)C)c1.Cc1cc(C(C(C)C)C(C)C)cc(C(C)(C)C)c1C.Cc1cc(C(C)(C)C)c(C)c(C)c1F. The molecule has 3 aromatic carbocycles. The van der Waals surface area contributed by atoms with E-state index in [4.69, 9.17) is 0 Å². The van der Waals surface area contributed by atoms with Gasteiger partial charge >= 0.3 is 0 Å². The molecule has 0 amide bonds. The zero-order chi connectivity index (χ0) is 40.2. The number of hydrogen-bond acceptors (Lipinski definition) is 0. The second-order valence-electron chi connectivity index (χ2n) is 19.8. The molecule has 1 heteroatoms. The second-order valence-corrected chi connectivity index (χ2v) is 19.8. The molecule has 0 unspecified atom stereocenters. The number of halogens is 1. The van der Waals surface area contributed by atoms with Crippen molar-refractivity contribution in [2.75, 3.05) is 0 Å². The van der Waals surface area contributed by atoms with E-state index >= 15 is 0 Å². The van der Waals surface area contributed by atoms with Crippen LogP contribution < -0.4 is 0 Å². The fourth-order valence-corrected chi connectivity index (χ4v) is 7.87. The minimum atomic E-state index is -0.0597. The fourth-order valence-electron chi connectivity index (χ4n) is 7.87. The highest BCUT2D eigenvalue weighted by atomic mass is 19.1. The van der Waals surface area contributed by atoms with Crippen LogP contribution in [0.25, 0.3) is 0 Å². The molecule has 0 saturated heterocycles. The summed E-state index contributed by atoms with van der Waals surface area (Å²) in [5.74, 6) is 1.97. The van der Waals surface area contributed by atoms with Crippen LogP contribution in [-0.4, -0.2) is 0 Å². The Labute approximate surface area is 317 Å². The molecular weight excluding hydrogens is 620 g/mol. The zero-order valence-electron chi connectivity index (χ0n) is 37.9. The van der Waals surface area contributed by atoms with Gasteiger partial charge in [0.25, 0.3) is 0 Å². The van der Waals surface area contributed by atoms with E-state index in [9.17, 15) is 4.39 Å². The quantitative estimate of drug-likeness (QED) is 0.240. The first-order chi connectivity index (χ1) is 23.0. The van der Waals surface area contributed by atoms with Crippen molar-refractivity contribution in [2.24, 2.45) is 11.8 Å². The van der Waals surface area contributed by atoms with Crippen LogP contribution >= 0.6 is 0 Å². The maximum Gasteiger partial charge on any atom is 0.129 e. The van der Waals surface area contributed by atoms with Crippen molar-refractivity contribution in [1.29, 1.82) is 0 Å². The third-order valence-electron chi connectivity index (χ3n) is 11.9. The summed E-state index contributed by atoms with van der Waals surface area (Å²) in [7, 11) is 0. The molecule has 0 atom stereocenters. The van der Waals surface area contributed by atoms with Gasteiger partial charge in [0.2, 0.25) is 0 Å². The van der Waals surface area contributed by atoms with Crippen LogP contribution in [0.3, 0.4) is 0 Å². The van der Waals surface area contributed by atoms with Crippen LogP contribution in [0.4, 0.5) is 4.39 Å². The Bertz CT molecular complexity index is 1580. The lowest BCUT2D eigenvalue weighted by Crippen LogP contribution is -2.22. The van der Waals surface area contributed by atoms with E-state index in [1.54, 1.807) is 0 Å². The minimum Gasteiger partial charge on any atom is -0.206 e. The van der Waals surface area contributed by atoms with E-state index in [-0.39, 0.29) is 22.1 Å². The van der Waals surface area contributed by atoms with Crippen molar-refractivity contribution in [3.05, 3.63) is 103 Å². The summed E-state index contributed by atoms with van der Waals surface area (Å²) in [6, 6.07) is 11.7. The van der Waals surface area contributed by atoms with Crippen molar-refractivity contribution in [1.82, 2.24) is 0 Å². The van der Waals surface area contributed by atoms with E-state index < -0.39 is 0 Å². The van der Waals surface area contributed by atoms with Gasteiger partial charge in [-0.05, 0) is 167 Å². The summed E-state index contributed by atoms with van der Waals surface area (Å²) in [6.07, 6.45) is 2.41. The van der Waals surface area contributed by atoms with Gasteiger partial charge in [0.05, 0.1) is 0 Å². The molecule has 0 N–H and O–H groups in total. The van der Waals surface area contributed by atoms with Gasteiger partial charge in [0, 0.05) is 0 Å². The Morgan fingerprint density at radius 1 is 0.471 bits per heavy atom. The molecule has 3 aromatic rings. The summed E-state index contributed by atoms with van der Waals surface area (Å²) in [6.45, 7) is 51.5. The third kappa shape index (κ3) is 11.8. The van der Waals surface area contributed by atoms with Crippen LogP contribution in [-0.2, 0) is 21.7 Å². The highest BCUT2D eigenvalue weighted by Gasteiger charge is 2.27. The van der Waals surface area contributed by atoms with Crippen molar-refractivity contribution in [3.63, 3.8) is 0 Å². The molecule has 0 saturated carbocycles. The Hall–Kier alpha value is -2.41. The monoisotopic (exact) mass is 701 g/mol. The topological polar surface area (TPSA) is 0 Å². The van der Waals surface area contributed by atoms with E-state index in [0.717, 1.165) is 16.7 Å². The highest BCUT2D eigenvalue weighted by Crippen LogP contribution is 2.38. The van der Waals surface area contributed by atoms with E-state index in [1.165, 1.54) is 62.9 Å². The number of hydrogen-bond donors (Lipinski definition) is 0. The lowest BCUT2D eigenvalue weighted by Gasteiger charge is -2.31. The van der Waals surface area contributed by atoms with Gasteiger partial charge in [-0.25, -0.2) is 4.39 Å². The van der Waals surface area contributed by atoms with Crippen molar-refractivity contribution in [3.8, 4) is 0 Å². The smallest absolute Gasteiger partial charge is 0.129 e. The highest BCUT2D eigenvalue weighted by molar-refractivity contribution is 5.45. The Kier molecular flexibility index (Phi) is 16.1. The van der Waals surface area contributed by atoms with Crippen LogP contribution in [0.5, 0.6) is 0 Å². The molecule has 0 radical (unpaired) electrons. The molecule has 0 bridgehead atoms. The van der Waals surface area contributed by atoms with Gasteiger partial charge in [-0.15, -0.1) is 0 Å². The first-order valence-corrected chi connectivity index (χ1v) is 20.0. The molecule has 0 nitrogen and oxygen atoms in total. The number of rotatable bonds is 6. The normalized spacial score (nSPS) is 12.6. The third-order valence-corrected chi connectivity index (χ3v) is 11.9. The lowest BCUT2D eigenvalue weighted by molar-refractivity contribution is 0.387. The molecule has 0 spiro atoms. The van der Waals surface area contributed by atoms with Gasteiger partial charge < -0.3 is 0 Å². The molecule has 0 aliphatic heterocycles. The van der Waals surface area contributed by atoms with Gasteiger partial charge in [-0.1, -0.05) is 141 Å². The number of benzene rings is 3. The minimum absolute atomic E-state index is 0.0597. The zero-order valence-corrected chi connectivity index (χ0v) is 37.9. The van der Waals surface area contributed by atoms with Crippen LogP contribution in [0.2, 0.25) is 0 Å². The molecule has 3 rings (SSSR count). The summed E-state index contributed by atoms with van der Waals surface area (Å²) < 4.78 is 13.6. The summed E-state index contributed by atoms with van der Waals surface area (Å²) in [5.41, 5.74) is 16.6. The van der Waals surface area contributed by atoms with Gasteiger partial charge in [-0.2, -0.15) is 0 Å². The fraction of sp³-hybridized carbons (Fsp3) is 0.640. The maximum absolute atomic E-state index is 13.6. The largest absolute Gasteiger partial charge is 0.206 e. The van der Waals surface area contributed by atoms with Crippen molar-refractivity contribution >= 4 is 0 Å². The maximum atomic E-state index is 13.6. The van der Waals surface area contributed by atoms with Crippen molar-refractivity contribution in [2.45, 2.75) is 200 Å². The van der Waals surface area contributed by atoms with Crippen LogP contribution in [0.15, 0.2) is 30.3 Å². The summed E-state index contributed by atoms with van der Waals surface area (Å²) >= 11 is 0. The van der Waals surface area contributed by atoms with E-state index in [0.29, 0.717) is 23.2 Å². The summed E-state index contributed by atoms with van der Waals surface area (Å²) in [5, 5.41) is 0. The molecule has 288 valence electrons. The molecule has 0 heterocycles. The molecule has 0 aliphatic rings. The van der Waals surface area contributed by atoms with Gasteiger partial charge in [0.1, 0.15) is 5.82 Å². The average molecular weight is 701 g/mol. The Morgan fingerprint density at radius 2 is 0.843 bits per heavy atom.